The second kappa shape index (κ2) is 6.02. The van der Waals surface area contributed by atoms with Gasteiger partial charge in [0.1, 0.15) is 0 Å². The van der Waals surface area contributed by atoms with E-state index >= 15 is 0 Å². The van der Waals surface area contributed by atoms with Crippen LogP contribution in [0.5, 0.6) is 0 Å². The van der Waals surface area contributed by atoms with Crippen molar-refractivity contribution in [2.24, 2.45) is 0 Å². The number of aromatic nitrogens is 1. The number of amides is 2. The van der Waals surface area contributed by atoms with Gasteiger partial charge in [0.15, 0.2) is 0 Å². The molecule has 0 bridgehead atoms. The summed E-state index contributed by atoms with van der Waals surface area (Å²) in [6.45, 7) is 0.355. The molecular formula is C19H14N2O2S. The smallest absolute Gasteiger partial charge is 0.261 e. The number of nitrogens with zero attached hydrogens (tertiary/aromatic N) is 2. The van der Waals surface area contributed by atoms with Gasteiger partial charge < -0.3 is 0 Å². The zero-order chi connectivity index (χ0) is 16.5. The normalized spacial score (nSPS) is 13.4. The molecule has 0 fully saturated rings. The van der Waals surface area contributed by atoms with Crippen molar-refractivity contribution in [2.75, 3.05) is 6.54 Å². The van der Waals surface area contributed by atoms with Crippen LogP contribution >= 0.6 is 11.3 Å². The lowest BCUT2D eigenvalue weighted by Crippen LogP contribution is -2.31. The van der Waals surface area contributed by atoms with Gasteiger partial charge in [-0.25, -0.2) is 4.98 Å². The van der Waals surface area contributed by atoms with E-state index in [1.54, 1.807) is 35.6 Å². The Morgan fingerprint density at radius 3 is 2.17 bits per heavy atom. The average molecular weight is 334 g/mol. The molecule has 2 heterocycles. The SMILES string of the molecule is O=C1c2ccccc2C(=O)N1CCc1nc(-c2ccccc2)cs1. The molecule has 2 aromatic carbocycles. The molecule has 4 nitrogen and oxygen atoms in total. The predicted octanol–water partition coefficient (Wildman–Crippen LogP) is 3.65. The summed E-state index contributed by atoms with van der Waals surface area (Å²) >= 11 is 1.55. The topological polar surface area (TPSA) is 50.3 Å². The molecule has 0 spiro atoms. The van der Waals surface area contributed by atoms with E-state index < -0.39 is 0 Å². The highest BCUT2D eigenvalue weighted by atomic mass is 32.1. The summed E-state index contributed by atoms with van der Waals surface area (Å²) in [6, 6.07) is 16.9. The van der Waals surface area contributed by atoms with Crippen LogP contribution < -0.4 is 0 Å². The Bertz CT molecular complexity index is 883. The fourth-order valence-corrected chi connectivity index (χ4v) is 3.61. The minimum absolute atomic E-state index is 0.213. The number of benzene rings is 2. The minimum atomic E-state index is -0.213. The Balaban J connectivity index is 1.48. The van der Waals surface area contributed by atoms with Gasteiger partial charge in [-0.15, -0.1) is 11.3 Å². The first-order valence-corrected chi connectivity index (χ1v) is 8.57. The highest BCUT2D eigenvalue weighted by Crippen LogP contribution is 2.25. The van der Waals surface area contributed by atoms with E-state index in [2.05, 4.69) is 4.98 Å². The Kier molecular flexibility index (Phi) is 3.70. The van der Waals surface area contributed by atoms with Gasteiger partial charge in [-0.2, -0.15) is 0 Å². The second-order valence-electron chi connectivity index (χ2n) is 5.55. The van der Waals surface area contributed by atoms with Crippen LogP contribution in [0.25, 0.3) is 11.3 Å². The van der Waals surface area contributed by atoms with E-state index in [0.29, 0.717) is 24.1 Å². The molecule has 2 amide bonds. The molecule has 0 radical (unpaired) electrons. The molecule has 0 atom stereocenters. The van der Waals surface area contributed by atoms with Gasteiger partial charge in [-0.1, -0.05) is 42.5 Å². The van der Waals surface area contributed by atoms with Crippen LogP contribution in [-0.4, -0.2) is 28.2 Å². The van der Waals surface area contributed by atoms with E-state index in [4.69, 9.17) is 0 Å². The van der Waals surface area contributed by atoms with Crippen LogP contribution in [0.15, 0.2) is 60.0 Å². The number of hydrogen-bond acceptors (Lipinski definition) is 4. The maximum Gasteiger partial charge on any atom is 0.261 e. The van der Waals surface area contributed by atoms with E-state index in [9.17, 15) is 9.59 Å². The monoisotopic (exact) mass is 334 g/mol. The molecule has 1 aromatic heterocycles. The molecule has 3 aromatic rings. The third-order valence-electron chi connectivity index (χ3n) is 4.05. The molecular weight excluding hydrogens is 320 g/mol. The molecule has 24 heavy (non-hydrogen) atoms. The molecule has 0 unspecified atom stereocenters. The van der Waals surface area contributed by atoms with Crippen molar-refractivity contribution in [2.45, 2.75) is 6.42 Å². The number of carbonyl (C=O) groups excluding carboxylic acids is 2. The van der Waals surface area contributed by atoms with Crippen molar-refractivity contribution >= 4 is 23.2 Å². The lowest BCUT2D eigenvalue weighted by molar-refractivity contribution is 0.0656. The number of hydrogen-bond donors (Lipinski definition) is 0. The van der Waals surface area contributed by atoms with E-state index in [-0.39, 0.29) is 11.8 Å². The Morgan fingerprint density at radius 2 is 1.50 bits per heavy atom. The highest BCUT2D eigenvalue weighted by Gasteiger charge is 2.34. The van der Waals surface area contributed by atoms with E-state index in [1.165, 1.54) is 4.90 Å². The maximum atomic E-state index is 12.3. The van der Waals surface area contributed by atoms with Crippen molar-refractivity contribution in [1.29, 1.82) is 0 Å². The Hall–Kier alpha value is -2.79. The van der Waals surface area contributed by atoms with Gasteiger partial charge in [0, 0.05) is 23.9 Å². The lowest BCUT2D eigenvalue weighted by Gasteiger charge is -2.12. The number of imide groups is 1. The average Bonchev–Trinajstić information content (AvgIpc) is 3.19. The zero-order valence-corrected chi connectivity index (χ0v) is 13.6. The summed E-state index contributed by atoms with van der Waals surface area (Å²) in [6.07, 6.45) is 0.572. The highest BCUT2D eigenvalue weighted by molar-refractivity contribution is 7.09. The standard InChI is InChI=1S/C19H14N2O2S/c22-18-14-8-4-5-9-15(14)19(23)21(18)11-10-17-20-16(12-24-17)13-6-2-1-3-7-13/h1-9,12H,10-11H2. The van der Waals surface area contributed by atoms with E-state index in [1.807, 2.05) is 35.7 Å². The maximum absolute atomic E-state index is 12.3. The van der Waals surface area contributed by atoms with Crippen molar-refractivity contribution in [3.63, 3.8) is 0 Å². The zero-order valence-electron chi connectivity index (χ0n) is 12.8. The number of rotatable bonds is 4. The summed E-state index contributed by atoms with van der Waals surface area (Å²) < 4.78 is 0. The Morgan fingerprint density at radius 1 is 0.875 bits per heavy atom. The largest absolute Gasteiger partial charge is 0.274 e. The van der Waals surface area contributed by atoms with Crippen molar-refractivity contribution in [1.82, 2.24) is 9.88 Å². The molecule has 1 aliphatic heterocycles. The second-order valence-corrected chi connectivity index (χ2v) is 6.49. The number of fused-ring (bicyclic) bond motifs is 1. The van der Waals surface area contributed by atoms with Crippen molar-refractivity contribution < 1.29 is 9.59 Å². The first-order valence-electron chi connectivity index (χ1n) is 7.69. The summed E-state index contributed by atoms with van der Waals surface area (Å²) in [5.74, 6) is -0.425. The van der Waals surface area contributed by atoms with Crippen LogP contribution in [0.4, 0.5) is 0 Å². The van der Waals surface area contributed by atoms with Gasteiger partial charge in [0.2, 0.25) is 0 Å². The van der Waals surface area contributed by atoms with Crippen LogP contribution in [0.2, 0.25) is 0 Å². The van der Waals surface area contributed by atoms with Crippen LogP contribution in [-0.2, 0) is 6.42 Å². The molecule has 0 aliphatic carbocycles. The molecule has 0 saturated carbocycles. The van der Waals surface area contributed by atoms with Crippen LogP contribution in [0.3, 0.4) is 0 Å². The first-order chi connectivity index (χ1) is 11.7. The molecule has 118 valence electrons. The summed E-state index contributed by atoms with van der Waals surface area (Å²) in [5, 5.41) is 2.93. The predicted molar refractivity (Wildman–Crippen MR) is 93.1 cm³/mol. The summed E-state index contributed by atoms with van der Waals surface area (Å²) in [4.78, 5) is 30.6. The van der Waals surface area contributed by atoms with Gasteiger partial charge in [0.05, 0.1) is 21.8 Å². The summed E-state index contributed by atoms with van der Waals surface area (Å²) in [5.41, 5.74) is 2.98. The fourth-order valence-electron chi connectivity index (χ4n) is 2.82. The molecule has 4 rings (SSSR count). The van der Waals surface area contributed by atoms with Gasteiger partial charge in [-0.05, 0) is 12.1 Å². The minimum Gasteiger partial charge on any atom is -0.274 e. The quantitative estimate of drug-likeness (QED) is 0.684. The van der Waals surface area contributed by atoms with Crippen LogP contribution in [0.1, 0.15) is 25.7 Å². The third-order valence-corrected chi connectivity index (χ3v) is 4.96. The van der Waals surface area contributed by atoms with Gasteiger partial charge in [-0.3, -0.25) is 14.5 Å². The molecule has 5 heteroatoms. The summed E-state index contributed by atoms with van der Waals surface area (Å²) in [7, 11) is 0. The number of carbonyl (C=O) groups is 2. The van der Waals surface area contributed by atoms with Crippen LogP contribution in [0, 0.1) is 0 Å². The first kappa shape index (κ1) is 14.8. The van der Waals surface area contributed by atoms with Gasteiger partial charge >= 0.3 is 0 Å². The third kappa shape index (κ3) is 2.53. The number of thiazole rings is 1. The fraction of sp³-hybridized carbons (Fsp3) is 0.105. The van der Waals surface area contributed by atoms with E-state index in [0.717, 1.165) is 16.3 Å². The Labute approximate surface area is 143 Å². The molecule has 0 saturated heterocycles. The lowest BCUT2D eigenvalue weighted by atomic mass is 10.1. The van der Waals surface area contributed by atoms with Gasteiger partial charge in [0.25, 0.3) is 11.8 Å². The van der Waals surface area contributed by atoms with Crippen molar-refractivity contribution in [3.05, 3.63) is 76.1 Å². The van der Waals surface area contributed by atoms with Crippen molar-refractivity contribution in [3.8, 4) is 11.3 Å². The molecule has 1 aliphatic rings. The molecule has 0 N–H and O–H groups in total.